The van der Waals surface area contributed by atoms with E-state index in [1.54, 1.807) is 31.2 Å². The lowest BCUT2D eigenvalue weighted by Gasteiger charge is -2.04. The highest BCUT2D eigenvalue weighted by molar-refractivity contribution is 6.30. The molecule has 0 N–H and O–H groups in total. The van der Waals surface area contributed by atoms with Gasteiger partial charge in [-0.15, -0.1) is 0 Å². The summed E-state index contributed by atoms with van der Waals surface area (Å²) in [5.74, 6) is -0.0275. The van der Waals surface area contributed by atoms with Crippen LogP contribution in [-0.2, 0) is 9.63 Å². The summed E-state index contributed by atoms with van der Waals surface area (Å²) in [7, 11) is 0. The van der Waals surface area contributed by atoms with Crippen LogP contribution in [0.25, 0.3) is 0 Å². The minimum atomic E-state index is -0.569. The van der Waals surface area contributed by atoms with Crippen molar-refractivity contribution in [1.29, 1.82) is 0 Å². The van der Waals surface area contributed by atoms with Gasteiger partial charge in [0.2, 0.25) is 0 Å². The van der Waals surface area contributed by atoms with Crippen molar-refractivity contribution in [3.63, 3.8) is 0 Å². The topological polar surface area (TPSA) is 47.9 Å². The average molecular weight is 304 g/mol. The van der Waals surface area contributed by atoms with Crippen molar-refractivity contribution >= 4 is 23.3 Å². The molecule has 0 aliphatic rings. The molecule has 0 spiro atoms. The molecule has 0 heterocycles. The fourth-order valence-electron chi connectivity index (χ4n) is 1.55. The molecule has 0 aromatic heterocycles. The third kappa shape index (κ3) is 4.93. The van der Waals surface area contributed by atoms with Gasteiger partial charge in [0.05, 0.1) is 5.71 Å². The van der Waals surface area contributed by atoms with E-state index < -0.39 is 5.97 Å². The minimum Gasteiger partial charge on any atom is -0.482 e. The van der Waals surface area contributed by atoms with Crippen LogP contribution in [0.3, 0.4) is 0 Å². The van der Waals surface area contributed by atoms with Crippen molar-refractivity contribution in [2.24, 2.45) is 5.16 Å². The zero-order valence-electron chi connectivity index (χ0n) is 11.5. The SMILES string of the molecule is C/C(=N\OC(=O)COc1ccc(Cl)cc1)c1ccccc1. The second-order valence-electron chi connectivity index (χ2n) is 4.25. The molecule has 2 rings (SSSR count). The summed E-state index contributed by atoms with van der Waals surface area (Å²) >= 11 is 5.75. The highest BCUT2D eigenvalue weighted by atomic mass is 35.5. The van der Waals surface area contributed by atoms with Gasteiger partial charge in [-0.05, 0) is 36.8 Å². The van der Waals surface area contributed by atoms with Crippen molar-refractivity contribution in [2.75, 3.05) is 6.61 Å². The number of benzene rings is 2. The number of hydrogen-bond donors (Lipinski definition) is 0. The molecule has 2 aromatic rings. The van der Waals surface area contributed by atoms with Gasteiger partial charge in [0.15, 0.2) is 6.61 Å². The van der Waals surface area contributed by atoms with E-state index in [4.69, 9.17) is 21.2 Å². The Kier molecular flexibility index (Phi) is 5.35. The van der Waals surface area contributed by atoms with E-state index in [0.29, 0.717) is 16.5 Å². The van der Waals surface area contributed by atoms with Gasteiger partial charge in [-0.25, -0.2) is 4.79 Å². The molecule has 4 nitrogen and oxygen atoms in total. The molecule has 0 fully saturated rings. The van der Waals surface area contributed by atoms with Crippen LogP contribution in [0.5, 0.6) is 5.75 Å². The fourth-order valence-corrected chi connectivity index (χ4v) is 1.68. The molecule has 0 bridgehead atoms. The molecule has 0 unspecified atom stereocenters. The van der Waals surface area contributed by atoms with Crippen LogP contribution >= 0.6 is 11.6 Å². The molecule has 0 atom stereocenters. The summed E-state index contributed by atoms with van der Waals surface area (Å²) in [6.07, 6.45) is 0. The second kappa shape index (κ2) is 7.45. The Labute approximate surface area is 127 Å². The Morgan fingerprint density at radius 3 is 2.43 bits per heavy atom. The molecule has 2 aromatic carbocycles. The highest BCUT2D eigenvalue weighted by Gasteiger charge is 2.05. The van der Waals surface area contributed by atoms with Crippen molar-refractivity contribution in [2.45, 2.75) is 6.92 Å². The van der Waals surface area contributed by atoms with Crippen LogP contribution in [0.4, 0.5) is 0 Å². The van der Waals surface area contributed by atoms with Crippen LogP contribution in [0.2, 0.25) is 5.02 Å². The lowest BCUT2D eigenvalue weighted by Crippen LogP contribution is -2.13. The molecule has 0 saturated heterocycles. The Morgan fingerprint density at radius 2 is 1.76 bits per heavy atom. The van der Waals surface area contributed by atoms with E-state index in [0.717, 1.165) is 5.56 Å². The molecule has 21 heavy (non-hydrogen) atoms. The molecular formula is C16H14ClNO3. The number of carbonyl (C=O) groups is 1. The maximum Gasteiger partial charge on any atom is 0.372 e. The second-order valence-corrected chi connectivity index (χ2v) is 4.69. The predicted molar refractivity (Wildman–Crippen MR) is 81.7 cm³/mol. The van der Waals surface area contributed by atoms with Crippen LogP contribution in [0.15, 0.2) is 59.8 Å². The highest BCUT2D eigenvalue weighted by Crippen LogP contribution is 2.15. The maximum atomic E-state index is 11.5. The van der Waals surface area contributed by atoms with Gasteiger partial charge in [-0.3, -0.25) is 0 Å². The Morgan fingerprint density at radius 1 is 1.10 bits per heavy atom. The minimum absolute atomic E-state index is 0.215. The predicted octanol–water partition coefficient (Wildman–Crippen LogP) is 3.69. The summed E-state index contributed by atoms with van der Waals surface area (Å²) in [4.78, 5) is 16.3. The zero-order valence-corrected chi connectivity index (χ0v) is 12.2. The smallest absolute Gasteiger partial charge is 0.372 e. The molecule has 5 heteroatoms. The van der Waals surface area contributed by atoms with Gasteiger partial charge in [0.1, 0.15) is 5.75 Å². The fraction of sp³-hybridized carbons (Fsp3) is 0.125. The summed E-state index contributed by atoms with van der Waals surface area (Å²) in [5.41, 5.74) is 1.51. The summed E-state index contributed by atoms with van der Waals surface area (Å²) in [5, 5.41) is 4.39. The molecule has 0 radical (unpaired) electrons. The van der Waals surface area contributed by atoms with E-state index in [-0.39, 0.29) is 6.61 Å². The number of hydrogen-bond acceptors (Lipinski definition) is 4. The first-order valence-corrected chi connectivity index (χ1v) is 6.71. The third-order valence-corrected chi connectivity index (χ3v) is 2.90. The van der Waals surface area contributed by atoms with Gasteiger partial charge in [-0.1, -0.05) is 47.1 Å². The molecule has 0 aliphatic heterocycles. The largest absolute Gasteiger partial charge is 0.482 e. The van der Waals surface area contributed by atoms with Gasteiger partial charge in [0.25, 0.3) is 0 Å². The molecule has 0 saturated carbocycles. The first kappa shape index (κ1) is 15.1. The van der Waals surface area contributed by atoms with E-state index in [2.05, 4.69) is 5.16 Å². The Balaban J connectivity index is 1.83. The summed E-state index contributed by atoms with van der Waals surface area (Å²) < 4.78 is 5.26. The zero-order chi connectivity index (χ0) is 15.1. The monoisotopic (exact) mass is 303 g/mol. The van der Waals surface area contributed by atoms with Crippen molar-refractivity contribution in [1.82, 2.24) is 0 Å². The normalized spacial score (nSPS) is 11.0. The third-order valence-electron chi connectivity index (χ3n) is 2.65. The number of oxime groups is 1. The Hall–Kier alpha value is -2.33. The first-order valence-electron chi connectivity index (χ1n) is 6.33. The number of ether oxygens (including phenoxy) is 1. The summed E-state index contributed by atoms with van der Waals surface area (Å²) in [6, 6.07) is 16.2. The van der Waals surface area contributed by atoms with Crippen LogP contribution in [-0.4, -0.2) is 18.3 Å². The number of halogens is 1. The van der Waals surface area contributed by atoms with Crippen LogP contribution < -0.4 is 4.74 Å². The number of carbonyl (C=O) groups excluding carboxylic acids is 1. The Bertz CT molecular complexity index is 624. The van der Waals surface area contributed by atoms with Crippen LogP contribution in [0.1, 0.15) is 12.5 Å². The number of nitrogens with zero attached hydrogens (tertiary/aromatic N) is 1. The first-order chi connectivity index (χ1) is 10.1. The van der Waals surface area contributed by atoms with Crippen LogP contribution in [0, 0.1) is 0 Å². The molecule has 0 amide bonds. The maximum absolute atomic E-state index is 11.5. The average Bonchev–Trinajstić information content (AvgIpc) is 2.53. The molecular weight excluding hydrogens is 290 g/mol. The van der Waals surface area contributed by atoms with Crippen molar-refractivity contribution in [3.8, 4) is 5.75 Å². The van der Waals surface area contributed by atoms with Gasteiger partial charge < -0.3 is 9.57 Å². The van der Waals surface area contributed by atoms with E-state index in [9.17, 15) is 4.79 Å². The van der Waals surface area contributed by atoms with Gasteiger partial charge >= 0.3 is 5.97 Å². The van der Waals surface area contributed by atoms with Gasteiger partial charge in [0, 0.05) is 5.02 Å². The van der Waals surface area contributed by atoms with Crippen molar-refractivity contribution < 1.29 is 14.4 Å². The van der Waals surface area contributed by atoms with E-state index in [1.165, 1.54) is 0 Å². The van der Waals surface area contributed by atoms with Gasteiger partial charge in [-0.2, -0.15) is 0 Å². The number of rotatable bonds is 5. The molecule has 108 valence electrons. The lowest BCUT2D eigenvalue weighted by molar-refractivity contribution is -0.146. The standard InChI is InChI=1S/C16H14ClNO3/c1-12(13-5-3-2-4-6-13)18-21-16(19)11-20-15-9-7-14(17)8-10-15/h2-10H,11H2,1H3/b18-12+. The lowest BCUT2D eigenvalue weighted by atomic mass is 10.1. The van der Waals surface area contributed by atoms with E-state index in [1.807, 2.05) is 30.3 Å². The van der Waals surface area contributed by atoms with E-state index >= 15 is 0 Å². The van der Waals surface area contributed by atoms with Crippen molar-refractivity contribution in [3.05, 3.63) is 65.2 Å². The molecule has 0 aliphatic carbocycles. The summed E-state index contributed by atoms with van der Waals surface area (Å²) in [6.45, 7) is 1.55. The quantitative estimate of drug-likeness (QED) is 0.481.